The van der Waals surface area contributed by atoms with Crippen molar-refractivity contribution < 1.29 is 0 Å². The average molecular weight is 272 g/mol. The molecule has 1 fully saturated rings. The van der Waals surface area contributed by atoms with Crippen LogP contribution in [0.15, 0.2) is 41.8 Å². The van der Waals surface area contributed by atoms with Crippen molar-refractivity contribution in [2.24, 2.45) is 5.84 Å². The molecule has 2 aromatic rings. The van der Waals surface area contributed by atoms with E-state index in [0.29, 0.717) is 0 Å². The fourth-order valence-electron chi connectivity index (χ4n) is 3.26. The minimum Gasteiger partial charge on any atom is -0.271 e. The molecule has 1 unspecified atom stereocenters. The minimum atomic E-state index is 0.170. The van der Waals surface area contributed by atoms with Gasteiger partial charge in [-0.3, -0.25) is 11.3 Å². The van der Waals surface area contributed by atoms with E-state index in [9.17, 15) is 0 Å². The summed E-state index contributed by atoms with van der Waals surface area (Å²) in [6, 6.07) is 13.3. The topological polar surface area (TPSA) is 38.0 Å². The molecule has 1 saturated carbocycles. The van der Waals surface area contributed by atoms with Crippen LogP contribution in [0.2, 0.25) is 0 Å². The van der Waals surface area contributed by atoms with Crippen molar-refractivity contribution in [3.05, 3.63) is 57.8 Å². The zero-order valence-corrected chi connectivity index (χ0v) is 12.0. The summed E-state index contributed by atoms with van der Waals surface area (Å²) in [6.07, 6.45) is 3.71. The third-order valence-corrected chi connectivity index (χ3v) is 5.28. The Bertz CT molecular complexity index is 543. The molecule has 1 atom stereocenters. The van der Waals surface area contributed by atoms with E-state index in [-0.39, 0.29) is 11.5 Å². The molecule has 3 heteroatoms. The zero-order chi connectivity index (χ0) is 13.3. The Hall–Kier alpha value is -1.16. The lowest BCUT2D eigenvalue weighted by atomic mass is 9.59. The van der Waals surface area contributed by atoms with Crippen LogP contribution in [0.25, 0.3) is 0 Å². The highest BCUT2D eigenvalue weighted by atomic mass is 32.1. The second kappa shape index (κ2) is 5.08. The van der Waals surface area contributed by atoms with Crippen LogP contribution in [0.5, 0.6) is 0 Å². The molecular formula is C16H20N2S. The molecule has 0 bridgehead atoms. The van der Waals surface area contributed by atoms with Crippen molar-refractivity contribution in [1.82, 2.24) is 5.43 Å². The van der Waals surface area contributed by atoms with Crippen LogP contribution in [0.4, 0.5) is 0 Å². The molecule has 2 nitrogen and oxygen atoms in total. The second-order valence-corrected chi connectivity index (χ2v) is 6.58. The number of rotatable bonds is 4. The van der Waals surface area contributed by atoms with E-state index >= 15 is 0 Å². The number of aryl methyl sites for hydroxylation is 1. The van der Waals surface area contributed by atoms with E-state index in [0.717, 1.165) is 0 Å². The van der Waals surface area contributed by atoms with Crippen LogP contribution in [0.1, 0.15) is 41.3 Å². The van der Waals surface area contributed by atoms with Gasteiger partial charge in [-0.2, -0.15) is 0 Å². The van der Waals surface area contributed by atoms with Gasteiger partial charge >= 0.3 is 0 Å². The lowest BCUT2D eigenvalue weighted by molar-refractivity contribution is 0.170. The first kappa shape index (κ1) is 12.9. The molecule has 0 aliphatic heterocycles. The Morgan fingerprint density at radius 2 is 2.00 bits per heavy atom. The van der Waals surface area contributed by atoms with Crippen molar-refractivity contribution in [2.75, 3.05) is 0 Å². The van der Waals surface area contributed by atoms with Crippen LogP contribution in [-0.4, -0.2) is 0 Å². The highest BCUT2D eigenvalue weighted by Crippen LogP contribution is 2.52. The minimum absolute atomic E-state index is 0.170. The summed E-state index contributed by atoms with van der Waals surface area (Å²) in [5.74, 6) is 5.90. The van der Waals surface area contributed by atoms with Crippen LogP contribution in [0, 0.1) is 6.92 Å². The molecule has 0 amide bonds. The summed E-state index contributed by atoms with van der Waals surface area (Å²) >= 11 is 1.80. The predicted molar refractivity (Wildman–Crippen MR) is 81.1 cm³/mol. The van der Waals surface area contributed by atoms with Crippen LogP contribution in [0.3, 0.4) is 0 Å². The Kier molecular flexibility index (Phi) is 3.44. The monoisotopic (exact) mass is 272 g/mol. The van der Waals surface area contributed by atoms with Gasteiger partial charge in [0.05, 0.1) is 6.04 Å². The lowest BCUT2D eigenvalue weighted by Gasteiger charge is -2.48. The number of nitrogens with one attached hydrogen (secondary N) is 1. The largest absolute Gasteiger partial charge is 0.271 e. The van der Waals surface area contributed by atoms with Crippen molar-refractivity contribution >= 4 is 11.3 Å². The number of thiophene rings is 1. The van der Waals surface area contributed by atoms with E-state index in [1.807, 2.05) is 0 Å². The zero-order valence-electron chi connectivity index (χ0n) is 11.2. The summed E-state index contributed by atoms with van der Waals surface area (Å²) < 4.78 is 0. The van der Waals surface area contributed by atoms with Gasteiger partial charge in [-0.1, -0.05) is 36.8 Å². The van der Waals surface area contributed by atoms with Crippen molar-refractivity contribution in [2.45, 2.75) is 37.6 Å². The number of hydrazine groups is 1. The number of hydrogen-bond acceptors (Lipinski definition) is 3. The van der Waals surface area contributed by atoms with Gasteiger partial charge in [0.2, 0.25) is 0 Å². The number of hydrogen-bond donors (Lipinski definition) is 2. The van der Waals surface area contributed by atoms with Gasteiger partial charge in [0.1, 0.15) is 0 Å². The predicted octanol–water partition coefficient (Wildman–Crippen LogP) is 3.68. The van der Waals surface area contributed by atoms with Crippen molar-refractivity contribution in [3.63, 3.8) is 0 Å². The summed E-state index contributed by atoms with van der Waals surface area (Å²) in [5, 5.41) is 2.24. The fraction of sp³-hybridized carbons (Fsp3) is 0.375. The van der Waals surface area contributed by atoms with Gasteiger partial charge in [-0.05, 0) is 42.3 Å². The van der Waals surface area contributed by atoms with E-state index < -0.39 is 0 Å². The maximum absolute atomic E-state index is 5.90. The Morgan fingerprint density at radius 3 is 2.47 bits per heavy atom. The molecule has 100 valence electrons. The Labute approximate surface area is 118 Å². The number of benzene rings is 1. The van der Waals surface area contributed by atoms with Crippen LogP contribution in [-0.2, 0) is 5.41 Å². The molecule has 0 spiro atoms. The Balaban J connectivity index is 2.01. The molecule has 19 heavy (non-hydrogen) atoms. The Morgan fingerprint density at radius 1 is 1.26 bits per heavy atom. The third kappa shape index (κ3) is 2.12. The second-order valence-electron chi connectivity index (χ2n) is 5.47. The first-order valence-electron chi connectivity index (χ1n) is 6.83. The van der Waals surface area contributed by atoms with Crippen LogP contribution >= 0.6 is 11.3 Å². The third-order valence-electron chi connectivity index (χ3n) is 4.40. The summed E-state index contributed by atoms with van der Waals surface area (Å²) in [7, 11) is 0. The highest BCUT2D eigenvalue weighted by Gasteiger charge is 2.45. The van der Waals surface area contributed by atoms with Gasteiger partial charge in [0.25, 0.3) is 0 Å². The van der Waals surface area contributed by atoms with Crippen molar-refractivity contribution in [3.8, 4) is 0 Å². The van der Waals surface area contributed by atoms with E-state index in [2.05, 4.69) is 54.1 Å². The number of nitrogens with two attached hydrogens (primary N) is 1. The van der Waals surface area contributed by atoms with E-state index in [1.165, 1.54) is 35.3 Å². The molecule has 1 aliphatic carbocycles. The summed E-state index contributed by atoms with van der Waals surface area (Å²) in [6.45, 7) is 2.15. The van der Waals surface area contributed by atoms with Gasteiger partial charge in [0, 0.05) is 10.3 Å². The smallest absolute Gasteiger partial charge is 0.0564 e. The summed E-state index contributed by atoms with van der Waals surface area (Å²) in [4.78, 5) is 1.35. The first-order valence-corrected chi connectivity index (χ1v) is 7.71. The molecular weight excluding hydrogens is 252 g/mol. The maximum Gasteiger partial charge on any atom is 0.0564 e. The maximum atomic E-state index is 5.90. The summed E-state index contributed by atoms with van der Waals surface area (Å²) in [5.41, 5.74) is 5.99. The highest BCUT2D eigenvalue weighted by molar-refractivity contribution is 7.10. The average Bonchev–Trinajstić information content (AvgIpc) is 2.81. The molecule has 0 saturated heterocycles. The van der Waals surface area contributed by atoms with Gasteiger partial charge in [-0.25, -0.2) is 0 Å². The SMILES string of the molecule is Cc1cc(C(NN)C2(c3ccccc3)CCC2)cs1. The lowest BCUT2D eigenvalue weighted by Crippen LogP contribution is -2.48. The van der Waals surface area contributed by atoms with Gasteiger partial charge < -0.3 is 0 Å². The van der Waals surface area contributed by atoms with Crippen molar-refractivity contribution in [1.29, 1.82) is 0 Å². The molecule has 3 N–H and O–H groups in total. The van der Waals surface area contributed by atoms with Crippen LogP contribution < -0.4 is 11.3 Å². The van der Waals surface area contributed by atoms with Gasteiger partial charge in [-0.15, -0.1) is 11.3 Å². The van der Waals surface area contributed by atoms with E-state index in [1.54, 1.807) is 11.3 Å². The molecule has 1 aromatic carbocycles. The fourth-order valence-corrected chi connectivity index (χ4v) is 3.99. The molecule has 1 heterocycles. The quantitative estimate of drug-likeness (QED) is 0.658. The first-order chi connectivity index (χ1) is 9.26. The standard InChI is InChI=1S/C16H20N2S/c1-12-10-13(11-19-12)15(18-17)16(8-5-9-16)14-6-3-2-4-7-14/h2-4,6-7,10-11,15,18H,5,8-9,17H2,1H3. The molecule has 1 aliphatic rings. The normalized spacial score (nSPS) is 18.8. The van der Waals surface area contributed by atoms with E-state index in [4.69, 9.17) is 5.84 Å². The van der Waals surface area contributed by atoms with Gasteiger partial charge in [0.15, 0.2) is 0 Å². The molecule has 0 radical (unpaired) electrons. The molecule has 3 rings (SSSR count). The molecule has 1 aromatic heterocycles.